The van der Waals surface area contributed by atoms with E-state index in [0.29, 0.717) is 60.0 Å². The van der Waals surface area contributed by atoms with Crippen LogP contribution in [0.25, 0.3) is 0 Å². The van der Waals surface area contributed by atoms with E-state index in [2.05, 4.69) is 0 Å². The Kier molecular flexibility index (Phi) is 9.44. The zero-order valence-electron chi connectivity index (χ0n) is 31.0. The first kappa shape index (κ1) is 35.3. The van der Waals surface area contributed by atoms with Crippen molar-refractivity contribution in [1.29, 1.82) is 0 Å². The molecule has 2 bridgehead atoms. The first-order valence-corrected chi connectivity index (χ1v) is 18.9. The molecule has 9 rings (SSSR count). The lowest BCUT2D eigenvalue weighted by atomic mass is 9.74. The third-order valence-electron chi connectivity index (χ3n) is 11.1. The number of hydrogen-bond acceptors (Lipinski definition) is 8. The van der Waals surface area contributed by atoms with E-state index in [-0.39, 0.29) is 35.4 Å². The monoisotopic (exact) mass is 734 g/mol. The molecule has 5 aromatic carbocycles. The minimum absolute atomic E-state index is 0.237. The second kappa shape index (κ2) is 14.7. The summed E-state index contributed by atoms with van der Waals surface area (Å²) in [5.74, 6) is 0.498. The molecule has 1 saturated heterocycles. The van der Waals surface area contributed by atoms with Crippen LogP contribution >= 0.6 is 0 Å². The van der Waals surface area contributed by atoms with Crippen LogP contribution in [0.15, 0.2) is 126 Å². The molecule has 0 spiro atoms. The molecule has 278 valence electrons. The normalized spacial score (nSPS) is 23.7. The number of ether oxygens (including phenoxy) is 6. The largest absolute Gasteiger partial charge is 0.496 e. The molecule has 0 aromatic heterocycles. The number of rotatable bonds is 11. The number of methoxy groups -OCH3 is 1. The average Bonchev–Trinajstić information content (AvgIpc) is 3.79. The summed E-state index contributed by atoms with van der Waals surface area (Å²) in [5.41, 5.74) is 7.78. The molecule has 6 atom stereocenters. The second-order valence-electron chi connectivity index (χ2n) is 14.7. The Hall–Kier alpha value is -5.38. The van der Waals surface area contributed by atoms with Gasteiger partial charge in [-0.1, -0.05) is 103 Å². The van der Waals surface area contributed by atoms with Crippen LogP contribution in [0.4, 0.5) is 0 Å². The number of carbonyl (C=O) groups is 2. The van der Waals surface area contributed by atoms with Gasteiger partial charge in [-0.25, -0.2) is 0 Å². The first-order chi connectivity index (χ1) is 26.9. The van der Waals surface area contributed by atoms with Gasteiger partial charge in [0, 0.05) is 34.3 Å². The van der Waals surface area contributed by atoms with Crippen molar-refractivity contribution in [3.63, 3.8) is 0 Å². The Morgan fingerprint density at radius 2 is 1.29 bits per heavy atom. The van der Waals surface area contributed by atoms with Crippen molar-refractivity contribution in [3.8, 4) is 11.5 Å². The van der Waals surface area contributed by atoms with Crippen molar-refractivity contribution >= 4 is 11.6 Å². The number of ketones is 2. The van der Waals surface area contributed by atoms with Crippen LogP contribution in [0.5, 0.6) is 11.5 Å². The molecule has 3 aliphatic heterocycles. The summed E-state index contributed by atoms with van der Waals surface area (Å²) in [7, 11) is 1.54. The third-order valence-corrected chi connectivity index (χ3v) is 11.1. The van der Waals surface area contributed by atoms with Crippen LogP contribution in [0.2, 0.25) is 0 Å². The molecule has 0 saturated carbocycles. The SMILES string of the molecule is COc1c([C@H]2C[C@@H](OCc3ccccc3)[C@H](OCc3ccccc3)[C@@H](C)O2)ccc2c1C(=O)C1=C(C2=O)C2OC1c1cc(C)cc(OCc3ccccc3)c12. The van der Waals surface area contributed by atoms with Gasteiger partial charge in [0.1, 0.15) is 36.4 Å². The maximum Gasteiger partial charge on any atom is 0.197 e. The predicted molar refractivity (Wildman–Crippen MR) is 205 cm³/mol. The van der Waals surface area contributed by atoms with E-state index in [1.165, 1.54) is 7.11 Å². The first-order valence-electron chi connectivity index (χ1n) is 18.9. The van der Waals surface area contributed by atoms with Crippen molar-refractivity contribution in [1.82, 2.24) is 0 Å². The zero-order chi connectivity index (χ0) is 37.6. The number of hydrogen-bond donors (Lipinski definition) is 0. The van der Waals surface area contributed by atoms with Crippen LogP contribution < -0.4 is 9.47 Å². The molecule has 8 heteroatoms. The van der Waals surface area contributed by atoms with E-state index >= 15 is 0 Å². The van der Waals surface area contributed by atoms with Gasteiger partial charge >= 0.3 is 0 Å². The molecule has 8 nitrogen and oxygen atoms in total. The number of benzene rings is 5. The topological polar surface area (TPSA) is 89.5 Å². The van der Waals surface area contributed by atoms with Gasteiger partial charge in [0.25, 0.3) is 0 Å². The lowest BCUT2D eigenvalue weighted by Gasteiger charge is -2.41. The van der Waals surface area contributed by atoms with Crippen LogP contribution in [0, 0.1) is 6.92 Å². The standard InChI is InChI=1S/C47H42O8/c1-27-21-34-38(36(22-27)51-24-29-13-7-4-8-14-29)47-40-41(46(34)55-47)43(49)39-33(42(40)48)20-19-32(45(39)50-3)35-23-37(52-25-30-15-9-5-10-16-30)44(28(2)54-35)53-26-31-17-11-6-12-18-31/h4-22,28,35,37,44,46-47H,23-26H2,1-3H3/t28-,35-,37-,44-,46?,47?/m1/s1. The van der Waals surface area contributed by atoms with Crippen LogP contribution in [-0.4, -0.2) is 37.0 Å². The van der Waals surface area contributed by atoms with Crippen molar-refractivity contribution in [3.05, 3.63) is 176 Å². The molecule has 1 aliphatic carbocycles. The molecule has 1 fully saturated rings. The highest BCUT2D eigenvalue weighted by Gasteiger charge is 2.54. The van der Waals surface area contributed by atoms with Crippen LogP contribution in [-0.2, 0) is 38.8 Å². The van der Waals surface area contributed by atoms with E-state index in [4.69, 9.17) is 28.4 Å². The van der Waals surface area contributed by atoms with Gasteiger partial charge in [0.2, 0.25) is 0 Å². The summed E-state index contributed by atoms with van der Waals surface area (Å²) in [6, 6.07) is 37.6. The number of fused-ring (bicyclic) bond motifs is 8. The van der Waals surface area contributed by atoms with Gasteiger partial charge in [0.15, 0.2) is 11.6 Å². The molecule has 2 unspecified atom stereocenters. The smallest absolute Gasteiger partial charge is 0.197 e. The maximum atomic E-state index is 14.7. The minimum atomic E-state index is -0.700. The average molecular weight is 735 g/mol. The molecular weight excluding hydrogens is 693 g/mol. The van der Waals surface area contributed by atoms with Gasteiger partial charge in [-0.3, -0.25) is 9.59 Å². The van der Waals surface area contributed by atoms with Crippen molar-refractivity contribution in [2.24, 2.45) is 0 Å². The highest BCUT2D eigenvalue weighted by molar-refractivity contribution is 6.29. The molecule has 0 radical (unpaired) electrons. The molecule has 55 heavy (non-hydrogen) atoms. The molecule has 3 heterocycles. The summed E-state index contributed by atoms with van der Waals surface area (Å²) in [5, 5.41) is 0. The van der Waals surface area contributed by atoms with Crippen molar-refractivity contribution in [2.45, 2.75) is 76.7 Å². The Morgan fingerprint density at radius 1 is 0.673 bits per heavy atom. The van der Waals surface area contributed by atoms with E-state index in [1.54, 1.807) is 6.07 Å². The van der Waals surface area contributed by atoms with E-state index in [9.17, 15) is 9.59 Å². The maximum absolute atomic E-state index is 14.7. The van der Waals surface area contributed by atoms with Gasteiger partial charge in [-0.15, -0.1) is 0 Å². The van der Waals surface area contributed by atoms with Crippen molar-refractivity contribution in [2.75, 3.05) is 7.11 Å². The fraction of sp³-hybridized carbons (Fsp3) is 0.277. The quantitative estimate of drug-likeness (QED) is 0.133. The summed E-state index contributed by atoms with van der Waals surface area (Å²) in [6.45, 7) is 5.17. The van der Waals surface area contributed by atoms with Gasteiger partial charge in [-0.05, 0) is 53.8 Å². The van der Waals surface area contributed by atoms with Gasteiger partial charge < -0.3 is 28.4 Å². The fourth-order valence-electron chi connectivity index (χ4n) is 8.58. The highest BCUT2D eigenvalue weighted by Crippen LogP contribution is 2.60. The molecular formula is C47H42O8. The highest BCUT2D eigenvalue weighted by atomic mass is 16.6. The molecule has 0 amide bonds. The minimum Gasteiger partial charge on any atom is -0.496 e. The lowest BCUT2D eigenvalue weighted by molar-refractivity contribution is -0.204. The van der Waals surface area contributed by atoms with E-state index < -0.39 is 18.3 Å². The van der Waals surface area contributed by atoms with E-state index in [0.717, 1.165) is 33.4 Å². The predicted octanol–water partition coefficient (Wildman–Crippen LogP) is 9.11. The summed E-state index contributed by atoms with van der Waals surface area (Å²) in [4.78, 5) is 29.2. The molecule has 5 aromatic rings. The number of aryl methyl sites for hydroxylation is 1. The van der Waals surface area contributed by atoms with E-state index in [1.807, 2.05) is 123 Å². The van der Waals surface area contributed by atoms with Crippen molar-refractivity contribution < 1.29 is 38.0 Å². The van der Waals surface area contributed by atoms with Gasteiger partial charge in [0.05, 0.1) is 44.2 Å². The van der Waals surface area contributed by atoms with Gasteiger partial charge in [-0.2, -0.15) is 0 Å². The Bertz CT molecular complexity index is 2280. The Labute approximate surface area is 320 Å². The second-order valence-corrected chi connectivity index (χ2v) is 14.7. The Balaban J connectivity index is 1.02. The van der Waals surface area contributed by atoms with Crippen LogP contribution in [0.3, 0.4) is 0 Å². The zero-order valence-corrected chi connectivity index (χ0v) is 31.0. The summed E-state index contributed by atoms with van der Waals surface area (Å²) < 4.78 is 38.7. The molecule has 4 aliphatic rings. The molecule has 0 N–H and O–H groups in total. The fourth-order valence-corrected chi connectivity index (χ4v) is 8.58. The number of carbonyl (C=O) groups excluding carboxylic acids is 2. The Morgan fingerprint density at radius 3 is 1.95 bits per heavy atom. The lowest BCUT2D eigenvalue weighted by Crippen LogP contribution is -2.47. The van der Waals surface area contributed by atoms with Crippen LogP contribution in [0.1, 0.15) is 91.3 Å². The number of Topliss-reactive ketones (excluding diaryl/α,β-unsaturated/α-hetero) is 2. The summed E-state index contributed by atoms with van der Waals surface area (Å²) >= 11 is 0. The third kappa shape index (κ3) is 6.39. The summed E-state index contributed by atoms with van der Waals surface area (Å²) in [6.07, 6.45) is -2.46.